The summed E-state index contributed by atoms with van der Waals surface area (Å²) in [5, 5.41) is 9.02. The molecule has 1 aliphatic rings. The molecule has 0 bridgehead atoms. The maximum atomic E-state index is 12.4. The number of carbonyl (C=O) groups is 2. The number of hydrogen-bond acceptors (Lipinski definition) is 7. The molecule has 136 valence electrons. The van der Waals surface area contributed by atoms with Crippen molar-refractivity contribution in [2.45, 2.75) is 6.10 Å². The fourth-order valence-corrected chi connectivity index (χ4v) is 2.40. The Bertz CT molecular complexity index is 943. The molecule has 0 N–H and O–H groups in total. The van der Waals surface area contributed by atoms with E-state index in [-0.39, 0.29) is 17.9 Å². The first-order valence-corrected chi connectivity index (χ1v) is 8.01. The van der Waals surface area contributed by atoms with Crippen molar-refractivity contribution in [2.75, 3.05) is 13.7 Å². The predicted molar refractivity (Wildman–Crippen MR) is 94.0 cm³/mol. The molecule has 0 radical (unpaired) electrons. The number of para-hydroxylation sites is 2. The normalized spacial score (nSPS) is 15.4. The fourth-order valence-electron chi connectivity index (χ4n) is 2.40. The van der Waals surface area contributed by atoms with Crippen LogP contribution in [-0.4, -0.2) is 31.8 Å². The van der Waals surface area contributed by atoms with Crippen LogP contribution in [-0.2, 0) is 14.3 Å². The Labute approximate surface area is 155 Å². The Hall–Kier alpha value is -3.79. The Morgan fingerprint density at radius 2 is 1.96 bits per heavy atom. The SMILES string of the molecule is COC(=O)/C(C#N)=C/c1cccc(OC(=O)C2COc3ccccc3O2)c1. The molecular formula is C20H15NO6. The molecule has 0 aliphatic carbocycles. The number of hydrogen-bond donors (Lipinski definition) is 0. The van der Waals surface area contributed by atoms with Gasteiger partial charge in [-0.15, -0.1) is 0 Å². The van der Waals surface area contributed by atoms with Gasteiger partial charge in [0.1, 0.15) is 24.0 Å². The molecule has 0 amide bonds. The van der Waals surface area contributed by atoms with Crippen LogP contribution in [0.25, 0.3) is 6.08 Å². The van der Waals surface area contributed by atoms with Crippen molar-refractivity contribution < 1.29 is 28.5 Å². The van der Waals surface area contributed by atoms with E-state index in [4.69, 9.17) is 19.5 Å². The first kappa shape index (κ1) is 18.0. The van der Waals surface area contributed by atoms with Crippen LogP contribution in [0.5, 0.6) is 17.2 Å². The third-order valence-corrected chi connectivity index (χ3v) is 3.68. The molecule has 3 rings (SSSR count). The van der Waals surface area contributed by atoms with Gasteiger partial charge in [-0.1, -0.05) is 24.3 Å². The summed E-state index contributed by atoms with van der Waals surface area (Å²) in [5.74, 6) is -0.0663. The molecular weight excluding hydrogens is 350 g/mol. The van der Waals surface area contributed by atoms with Crippen molar-refractivity contribution in [2.24, 2.45) is 0 Å². The second-order valence-electron chi connectivity index (χ2n) is 5.52. The number of nitrogens with zero attached hydrogens (tertiary/aromatic N) is 1. The zero-order valence-corrected chi connectivity index (χ0v) is 14.4. The zero-order chi connectivity index (χ0) is 19.2. The molecule has 0 saturated heterocycles. The van der Waals surface area contributed by atoms with Gasteiger partial charge in [-0.05, 0) is 35.9 Å². The summed E-state index contributed by atoms with van der Waals surface area (Å²) in [5.41, 5.74) is 0.343. The lowest BCUT2D eigenvalue weighted by Gasteiger charge is -2.24. The first-order valence-electron chi connectivity index (χ1n) is 8.01. The average Bonchev–Trinajstić information content (AvgIpc) is 2.71. The van der Waals surface area contributed by atoms with E-state index in [1.54, 1.807) is 42.5 Å². The number of nitriles is 1. The molecule has 1 aliphatic heterocycles. The molecule has 0 saturated carbocycles. The zero-order valence-electron chi connectivity index (χ0n) is 14.4. The number of rotatable bonds is 4. The van der Waals surface area contributed by atoms with E-state index in [0.717, 1.165) is 0 Å². The fraction of sp³-hybridized carbons (Fsp3) is 0.150. The van der Waals surface area contributed by atoms with Crippen LogP contribution in [0.15, 0.2) is 54.1 Å². The smallest absolute Gasteiger partial charge is 0.356 e. The van der Waals surface area contributed by atoms with E-state index < -0.39 is 18.0 Å². The molecule has 1 atom stereocenters. The molecule has 27 heavy (non-hydrogen) atoms. The Balaban J connectivity index is 1.71. The van der Waals surface area contributed by atoms with Crippen molar-refractivity contribution in [3.8, 4) is 23.3 Å². The highest BCUT2D eigenvalue weighted by Gasteiger charge is 2.29. The Morgan fingerprint density at radius 1 is 1.19 bits per heavy atom. The largest absolute Gasteiger partial charge is 0.485 e. The van der Waals surface area contributed by atoms with Crippen molar-refractivity contribution >= 4 is 18.0 Å². The standard InChI is InChI=1S/C20H15NO6/c1-24-19(22)14(11-21)9-13-5-4-6-15(10-13)26-20(23)18-12-25-16-7-2-3-8-17(16)27-18/h2-10,18H,12H2,1H3/b14-9+. The van der Waals surface area contributed by atoms with Crippen molar-refractivity contribution in [1.29, 1.82) is 5.26 Å². The second kappa shape index (κ2) is 8.06. The highest BCUT2D eigenvalue weighted by atomic mass is 16.6. The maximum Gasteiger partial charge on any atom is 0.356 e. The van der Waals surface area contributed by atoms with Crippen LogP contribution >= 0.6 is 0 Å². The summed E-state index contributed by atoms with van der Waals surface area (Å²) in [7, 11) is 1.19. The van der Waals surface area contributed by atoms with Crippen LogP contribution < -0.4 is 14.2 Å². The molecule has 7 heteroatoms. The number of carbonyl (C=O) groups excluding carboxylic acids is 2. The molecule has 0 fully saturated rings. The highest BCUT2D eigenvalue weighted by Crippen LogP contribution is 2.31. The molecule has 1 heterocycles. The maximum absolute atomic E-state index is 12.4. The average molecular weight is 365 g/mol. The van der Waals surface area contributed by atoms with E-state index in [1.165, 1.54) is 19.3 Å². The van der Waals surface area contributed by atoms with Crippen molar-refractivity contribution in [3.63, 3.8) is 0 Å². The van der Waals surface area contributed by atoms with Crippen molar-refractivity contribution in [3.05, 3.63) is 59.7 Å². The Kier molecular flexibility index (Phi) is 5.38. The van der Waals surface area contributed by atoms with Gasteiger partial charge in [0.25, 0.3) is 0 Å². The Morgan fingerprint density at radius 3 is 2.70 bits per heavy atom. The van der Waals surface area contributed by atoms with E-state index >= 15 is 0 Å². The van der Waals surface area contributed by atoms with Crippen LogP contribution in [0.2, 0.25) is 0 Å². The summed E-state index contributed by atoms with van der Waals surface area (Å²) < 4.78 is 21.0. The minimum atomic E-state index is -0.899. The molecule has 0 spiro atoms. The van der Waals surface area contributed by atoms with E-state index in [2.05, 4.69) is 4.74 Å². The quantitative estimate of drug-likeness (QED) is 0.355. The number of ether oxygens (including phenoxy) is 4. The van der Waals surface area contributed by atoms with Gasteiger partial charge < -0.3 is 18.9 Å². The summed E-state index contributed by atoms with van der Waals surface area (Å²) in [6, 6.07) is 15.2. The summed E-state index contributed by atoms with van der Waals surface area (Å²) in [4.78, 5) is 23.8. The van der Waals surface area contributed by atoms with Gasteiger partial charge in [-0.2, -0.15) is 5.26 Å². The summed E-state index contributed by atoms with van der Waals surface area (Å²) in [6.07, 6.45) is 0.448. The van der Waals surface area contributed by atoms with Crippen LogP contribution in [0.4, 0.5) is 0 Å². The van der Waals surface area contributed by atoms with Crippen molar-refractivity contribution in [1.82, 2.24) is 0 Å². The summed E-state index contributed by atoms with van der Waals surface area (Å²) in [6.45, 7) is 0.0381. The molecule has 2 aromatic carbocycles. The topological polar surface area (TPSA) is 94.9 Å². The van der Waals surface area contributed by atoms with E-state index in [9.17, 15) is 9.59 Å². The lowest BCUT2D eigenvalue weighted by Crippen LogP contribution is -2.39. The van der Waals surface area contributed by atoms with Gasteiger partial charge in [0.2, 0.25) is 6.10 Å². The van der Waals surface area contributed by atoms with E-state index in [1.807, 2.05) is 6.07 Å². The molecule has 1 unspecified atom stereocenters. The summed E-state index contributed by atoms with van der Waals surface area (Å²) >= 11 is 0. The lowest BCUT2D eigenvalue weighted by atomic mass is 10.1. The number of fused-ring (bicyclic) bond motifs is 1. The van der Waals surface area contributed by atoms with Gasteiger partial charge in [-0.3, -0.25) is 0 Å². The van der Waals surface area contributed by atoms with Gasteiger partial charge in [0, 0.05) is 0 Å². The van der Waals surface area contributed by atoms with Gasteiger partial charge in [0.15, 0.2) is 11.5 Å². The van der Waals surface area contributed by atoms with Gasteiger partial charge in [0.05, 0.1) is 7.11 Å². The van der Waals surface area contributed by atoms with E-state index in [0.29, 0.717) is 17.1 Å². The van der Waals surface area contributed by atoms with Crippen LogP contribution in [0, 0.1) is 11.3 Å². The predicted octanol–water partition coefficient (Wildman–Crippen LogP) is 2.51. The van der Waals surface area contributed by atoms with Gasteiger partial charge >= 0.3 is 11.9 Å². The highest BCUT2D eigenvalue weighted by molar-refractivity contribution is 5.97. The van der Waals surface area contributed by atoms with Crippen LogP contribution in [0.3, 0.4) is 0 Å². The second-order valence-corrected chi connectivity index (χ2v) is 5.52. The number of esters is 2. The lowest BCUT2D eigenvalue weighted by molar-refractivity contribution is -0.144. The first-order chi connectivity index (χ1) is 13.1. The third-order valence-electron chi connectivity index (χ3n) is 3.68. The molecule has 2 aromatic rings. The minimum Gasteiger partial charge on any atom is -0.485 e. The minimum absolute atomic E-state index is 0.0381. The van der Waals surface area contributed by atoms with Crippen LogP contribution in [0.1, 0.15) is 5.56 Å². The number of benzene rings is 2. The molecule has 7 nitrogen and oxygen atoms in total. The number of methoxy groups -OCH3 is 1. The third kappa shape index (κ3) is 4.25. The monoisotopic (exact) mass is 365 g/mol. The molecule has 0 aromatic heterocycles. The van der Waals surface area contributed by atoms with Gasteiger partial charge in [-0.25, -0.2) is 9.59 Å².